The quantitative estimate of drug-likeness (QED) is 0.839. The van der Waals surface area contributed by atoms with E-state index in [-0.39, 0.29) is 18.4 Å². The third-order valence-corrected chi connectivity index (χ3v) is 3.09. The first kappa shape index (κ1) is 16.2. The highest BCUT2D eigenvalue weighted by Gasteiger charge is 2.22. The number of hydrogen-bond donors (Lipinski definition) is 2. The van der Waals surface area contributed by atoms with Gasteiger partial charge in [-0.25, -0.2) is 0 Å². The van der Waals surface area contributed by atoms with Gasteiger partial charge in [-0.3, -0.25) is 0 Å². The molecule has 1 aliphatic rings. The van der Waals surface area contributed by atoms with Crippen LogP contribution in [0.2, 0.25) is 0 Å². The smallest absolute Gasteiger partial charge is 0.187 e. The molecule has 21 heavy (non-hydrogen) atoms. The molecule has 0 aromatic heterocycles. The van der Waals surface area contributed by atoms with Crippen molar-refractivity contribution in [2.45, 2.75) is 38.7 Å². The summed E-state index contributed by atoms with van der Waals surface area (Å²) >= 11 is 0. The van der Waals surface area contributed by atoms with E-state index in [2.05, 4.69) is 26.1 Å². The first-order valence-corrected chi connectivity index (χ1v) is 7.34. The molecular formula is C16H25NO4. The van der Waals surface area contributed by atoms with Gasteiger partial charge in [0.05, 0.1) is 13.2 Å². The predicted octanol–water partition coefficient (Wildman–Crippen LogP) is 1.86. The lowest BCUT2D eigenvalue weighted by atomic mass is 10.1. The fraction of sp³-hybridized carbons (Fsp3) is 0.625. The summed E-state index contributed by atoms with van der Waals surface area (Å²) in [6, 6.07) is 7.60. The van der Waals surface area contributed by atoms with E-state index in [1.54, 1.807) is 0 Å². The van der Waals surface area contributed by atoms with E-state index in [0.717, 1.165) is 5.56 Å². The maximum Gasteiger partial charge on any atom is 0.187 e. The fourth-order valence-corrected chi connectivity index (χ4v) is 2.01. The molecule has 1 heterocycles. The first-order valence-electron chi connectivity index (χ1n) is 7.34. The normalized spacial score (nSPS) is 17.9. The minimum atomic E-state index is -0.567. The zero-order valence-electron chi connectivity index (χ0n) is 13.0. The second-order valence-electron chi connectivity index (χ2n) is 6.21. The molecule has 1 aromatic rings. The van der Waals surface area contributed by atoms with Crippen molar-refractivity contribution in [1.29, 1.82) is 0 Å². The Bertz CT molecular complexity index is 438. The summed E-state index contributed by atoms with van der Waals surface area (Å²) in [7, 11) is 0. The van der Waals surface area contributed by atoms with Crippen LogP contribution in [0.3, 0.4) is 0 Å². The van der Waals surface area contributed by atoms with E-state index in [0.29, 0.717) is 25.5 Å². The Kier molecular flexibility index (Phi) is 5.58. The van der Waals surface area contributed by atoms with E-state index in [9.17, 15) is 5.11 Å². The van der Waals surface area contributed by atoms with Crippen molar-refractivity contribution in [3.8, 4) is 5.75 Å². The van der Waals surface area contributed by atoms with Gasteiger partial charge in [-0.2, -0.15) is 0 Å². The van der Waals surface area contributed by atoms with Crippen molar-refractivity contribution in [3.05, 3.63) is 29.8 Å². The van der Waals surface area contributed by atoms with Crippen LogP contribution >= 0.6 is 0 Å². The number of aliphatic hydroxyl groups excluding tert-OH is 1. The number of ether oxygens (including phenoxy) is 3. The number of nitrogens with one attached hydrogen (secondary N) is 1. The van der Waals surface area contributed by atoms with Crippen LogP contribution in [0.25, 0.3) is 0 Å². The van der Waals surface area contributed by atoms with Gasteiger partial charge in [-0.1, -0.05) is 18.2 Å². The summed E-state index contributed by atoms with van der Waals surface area (Å²) in [6.07, 6.45) is -0.936. The van der Waals surface area contributed by atoms with Crippen molar-refractivity contribution < 1.29 is 19.3 Å². The molecule has 1 atom stereocenters. The Labute approximate surface area is 126 Å². The van der Waals surface area contributed by atoms with Crippen molar-refractivity contribution in [2.24, 2.45) is 0 Å². The Balaban J connectivity index is 1.88. The van der Waals surface area contributed by atoms with Gasteiger partial charge in [-0.15, -0.1) is 0 Å². The number of para-hydroxylation sites is 1. The van der Waals surface area contributed by atoms with Crippen molar-refractivity contribution >= 4 is 0 Å². The molecule has 1 unspecified atom stereocenters. The summed E-state index contributed by atoms with van der Waals surface area (Å²) in [5.41, 5.74) is 0.843. The maximum atomic E-state index is 9.98. The monoisotopic (exact) mass is 295 g/mol. The Morgan fingerprint density at radius 2 is 1.95 bits per heavy atom. The Hall–Kier alpha value is -1.14. The number of β-amino-alcohol motifs (C(OH)–C–C–N with tert-alkyl or cyclic N) is 1. The summed E-state index contributed by atoms with van der Waals surface area (Å²) in [4.78, 5) is 0. The van der Waals surface area contributed by atoms with E-state index < -0.39 is 6.10 Å². The molecular weight excluding hydrogens is 270 g/mol. The molecule has 0 radical (unpaired) electrons. The van der Waals surface area contributed by atoms with Crippen LogP contribution in [-0.2, 0) is 9.47 Å². The minimum absolute atomic E-state index is 0.0234. The summed E-state index contributed by atoms with van der Waals surface area (Å²) in [6.45, 7) is 8.09. The molecule has 2 N–H and O–H groups in total. The van der Waals surface area contributed by atoms with Gasteiger partial charge in [0.25, 0.3) is 0 Å². The molecule has 0 bridgehead atoms. The molecule has 5 nitrogen and oxygen atoms in total. The van der Waals surface area contributed by atoms with E-state index in [1.807, 2.05) is 24.3 Å². The van der Waals surface area contributed by atoms with E-state index in [1.165, 1.54) is 0 Å². The Morgan fingerprint density at radius 3 is 2.62 bits per heavy atom. The summed E-state index contributed by atoms with van der Waals surface area (Å²) < 4.78 is 16.7. The summed E-state index contributed by atoms with van der Waals surface area (Å²) in [5, 5.41) is 13.2. The highest BCUT2D eigenvalue weighted by Crippen LogP contribution is 2.30. The number of hydrogen-bond acceptors (Lipinski definition) is 5. The molecule has 1 aromatic carbocycles. The van der Waals surface area contributed by atoms with Crippen LogP contribution in [-0.4, -0.2) is 43.1 Å². The largest absolute Gasteiger partial charge is 0.490 e. The topological polar surface area (TPSA) is 60.0 Å². The molecule has 0 saturated carbocycles. The van der Waals surface area contributed by atoms with Gasteiger partial charge in [-0.05, 0) is 26.8 Å². The molecule has 0 aliphatic carbocycles. The third kappa shape index (κ3) is 5.28. The lowest BCUT2D eigenvalue weighted by molar-refractivity contribution is -0.0462. The van der Waals surface area contributed by atoms with Gasteiger partial charge in [0.15, 0.2) is 6.29 Å². The molecule has 2 rings (SSSR count). The molecule has 5 heteroatoms. The molecule has 0 spiro atoms. The van der Waals surface area contributed by atoms with Crippen molar-refractivity contribution in [3.63, 3.8) is 0 Å². The number of aliphatic hydroxyl groups is 1. The van der Waals surface area contributed by atoms with Gasteiger partial charge in [0.2, 0.25) is 0 Å². The average Bonchev–Trinajstić information content (AvgIpc) is 2.96. The standard InChI is InChI=1S/C16H25NO4/c1-16(2,3)17-10-12(18)11-21-14-7-5-4-6-13(14)15-19-8-9-20-15/h4-7,12,15,17-18H,8-11H2,1-3H3. The van der Waals surface area contributed by atoms with Gasteiger partial charge in [0.1, 0.15) is 18.5 Å². The zero-order valence-corrected chi connectivity index (χ0v) is 13.0. The van der Waals surface area contributed by atoms with Crippen molar-refractivity contribution in [2.75, 3.05) is 26.4 Å². The SMILES string of the molecule is CC(C)(C)NCC(O)COc1ccccc1C1OCCO1. The highest BCUT2D eigenvalue weighted by atomic mass is 16.7. The third-order valence-electron chi connectivity index (χ3n) is 3.09. The van der Waals surface area contributed by atoms with Crippen LogP contribution < -0.4 is 10.1 Å². The maximum absolute atomic E-state index is 9.98. The second kappa shape index (κ2) is 7.22. The lowest BCUT2D eigenvalue weighted by Gasteiger charge is -2.23. The minimum Gasteiger partial charge on any atom is -0.490 e. The number of rotatable bonds is 6. The molecule has 1 aliphatic heterocycles. The van der Waals surface area contributed by atoms with E-state index >= 15 is 0 Å². The number of benzene rings is 1. The molecule has 118 valence electrons. The lowest BCUT2D eigenvalue weighted by Crippen LogP contribution is -2.42. The Morgan fingerprint density at radius 1 is 1.29 bits per heavy atom. The van der Waals surface area contributed by atoms with Crippen LogP contribution in [0.15, 0.2) is 24.3 Å². The molecule has 1 fully saturated rings. The van der Waals surface area contributed by atoms with Crippen LogP contribution in [0.4, 0.5) is 0 Å². The molecule has 0 amide bonds. The van der Waals surface area contributed by atoms with Gasteiger partial charge >= 0.3 is 0 Å². The first-order chi connectivity index (χ1) is 9.96. The van der Waals surface area contributed by atoms with Gasteiger partial charge in [0, 0.05) is 17.6 Å². The van der Waals surface area contributed by atoms with Crippen LogP contribution in [0.1, 0.15) is 32.6 Å². The second-order valence-corrected chi connectivity index (χ2v) is 6.21. The van der Waals surface area contributed by atoms with Crippen LogP contribution in [0, 0.1) is 0 Å². The van der Waals surface area contributed by atoms with E-state index in [4.69, 9.17) is 14.2 Å². The average molecular weight is 295 g/mol. The van der Waals surface area contributed by atoms with Crippen LogP contribution in [0.5, 0.6) is 5.75 Å². The summed E-state index contributed by atoms with van der Waals surface area (Å²) in [5.74, 6) is 0.694. The van der Waals surface area contributed by atoms with Crippen molar-refractivity contribution in [1.82, 2.24) is 5.32 Å². The molecule has 1 saturated heterocycles. The fourth-order valence-electron chi connectivity index (χ4n) is 2.01. The van der Waals surface area contributed by atoms with Gasteiger partial charge < -0.3 is 24.6 Å². The zero-order chi connectivity index (χ0) is 15.3. The highest BCUT2D eigenvalue weighted by molar-refractivity contribution is 5.34. The predicted molar refractivity (Wildman–Crippen MR) is 80.3 cm³/mol.